The lowest BCUT2D eigenvalue weighted by Gasteiger charge is -2.05. The van der Waals surface area contributed by atoms with Gasteiger partial charge in [-0.25, -0.2) is 0 Å². The van der Waals surface area contributed by atoms with E-state index in [9.17, 15) is 0 Å². The van der Waals surface area contributed by atoms with Gasteiger partial charge in [-0.2, -0.15) is 0 Å². The van der Waals surface area contributed by atoms with E-state index in [2.05, 4.69) is 0 Å². The first kappa shape index (κ1) is 10.7. The molecule has 0 fully saturated rings. The molecule has 0 aromatic heterocycles. The van der Waals surface area contributed by atoms with Gasteiger partial charge in [0, 0.05) is 5.69 Å². The fourth-order valence-corrected chi connectivity index (χ4v) is 1.55. The molecule has 0 heterocycles. The van der Waals surface area contributed by atoms with Gasteiger partial charge in [0.25, 0.3) is 0 Å². The molecule has 3 nitrogen and oxygen atoms in total. The molecule has 0 unspecified atom stereocenters. The Labute approximate surface area is 94.3 Å². The Kier molecular flexibility index (Phi) is 2.94. The predicted octanol–water partition coefficient (Wildman–Crippen LogP) is 0.616. The van der Waals surface area contributed by atoms with Crippen molar-refractivity contribution in [3.63, 3.8) is 0 Å². The van der Waals surface area contributed by atoms with Gasteiger partial charge in [0.05, 0.1) is 0 Å². The van der Waals surface area contributed by atoms with Gasteiger partial charge in [-0.3, -0.25) is 0 Å². The maximum absolute atomic E-state index is 9.07. The molecule has 80 valence electrons. The van der Waals surface area contributed by atoms with E-state index in [1.54, 1.807) is 18.2 Å². The van der Waals surface area contributed by atoms with Gasteiger partial charge in [-0.05, 0) is 28.7 Å². The first-order valence-corrected chi connectivity index (χ1v) is 4.99. The average molecular weight is 213 g/mol. The molecule has 0 aliphatic heterocycles. The highest BCUT2D eigenvalue weighted by Crippen LogP contribution is 2.19. The van der Waals surface area contributed by atoms with Crippen molar-refractivity contribution in [3.8, 4) is 11.1 Å². The number of hydrogen-bond donors (Lipinski definition) is 3. The molecule has 0 saturated heterocycles. The van der Waals surface area contributed by atoms with Crippen LogP contribution >= 0.6 is 0 Å². The summed E-state index contributed by atoms with van der Waals surface area (Å²) in [5, 5.41) is 18.1. The quantitative estimate of drug-likeness (QED) is 0.505. The summed E-state index contributed by atoms with van der Waals surface area (Å²) in [6, 6.07) is 14.6. The van der Waals surface area contributed by atoms with Crippen LogP contribution in [0.15, 0.2) is 48.5 Å². The van der Waals surface area contributed by atoms with Crippen molar-refractivity contribution < 1.29 is 10.0 Å². The van der Waals surface area contributed by atoms with Crippen LogP contribution in [0.5, 0.6) is 0 Å². The van der Waals surface area contributed by atoms with Crippen molar-refractivity contribution >= 4 is 18.3 Å². The van der Waals surface area contributed by atoms with Crippen LogP contribution in [0.2, 0.25) is 0 Å². The van der Waals surface area contributed by atoms with Crippen LogP contribution in [0.4, 0.5) is 5.69 Å². The molecule has 2 aromatic rings. The molecule has 0 spiro atoms. The molecule has 16 heavy (non-hydrogen) atoms. The number of hydrogen-bond acceptors (Lipinski definition) is 3. The Morgan fingerprint density at radius 2 is 1.56 bits per heavy atom. The summed E-state index contributed by atoms with van der Waals surface area (Å²) in [7, 11) is -1.44. The zero-order chi connectivity index (χ0) is 11.5. The minimum absolute atomic E-state index is 0.481. The first-order valence-electron chi connectivity index (χ1n) is 4.99. The molecule has 0 bridgehead atoms. The maximum Gasteiger partial charge on any atom is 0.488 e. The van der Waals surface area contributed by atoms with Crippen LogP contribution in [0.1, 0.15) is 0 Å². The number of rotatable bonds is 2. The summed E-state index contributed by atoms with van der Waals surface area (Å²) in [5.74, 6) is 0. The standard InChI is InChI=1S/C12H12BNO2/c14-12-6-4-9(5-7-12)10-2-1-3-11(8-10)13(15)16/h1-8,15-16H,14H2. The number of nitrogens with two attached hydrogens (primary N) is 1. The molecular weight excluding hydrogens is 201 g/mol. The van der Waals surface area contributed by atoms with E-state index >= 15 is 0 Å². The molecule has 0 atom stereocenters. The Bertz CT molecular complexity index is 483. The van der Waals surface area contributed by atoms with Crippen LogP contribution in [0.3, 0.4) is 0 Å². The summed E-state index contributed by atoms with van der Waals surface area (Å²) in [6.45, 7) is 0. The Morgan fingerprint density at radius 3 is 2.19 bits per heavy atom. The summed E-state index contributed by atoms with van der Waals surface area (Å²) < 4.78 is 0. The second kappa shape index (κ2) is 4.39. The Morgan fingerprint density at radius 1 is 0.875 bits per heavy atom. The average Bonchev–Trinajstić information content (AvgIpc) is 2.30. The van der Waals surface area contributed by atoms with Gasteiger partial charge in [0.2, 0.25) is 0 Å². The van der Waals surface area contributed by atoms with E-state index < -0.39 is 7.12 Å². The van der Waals surface area contributed by atoms with Gasteiger partial charge in [-0.15, -0.1) is 0 Å². The van der Waals surface area contributed by atoms with E-state index in [0.717, 1.165) is 11.1 Å². The van der Waals surface area contributed by atoms with Crippen molar-refractivity contribution in [2.24, 2.45) is 0 Å². The third kappa shape index (κ3) is 2.24. The second-order valence-corrected chi connectivity index (χ2v) is 3.62. The maximum atomic E-state index is 9.07. The lowest BCUT2D eigenvalue weighted by Crippen LogP contribution is -2.29. The van der Waals surface area contributed by atoms with Crippen LogP contribution in [-0.2, 0) is 0 Å². The van der Waals surface area contributed by atoms with Crippen molar-refractivity contribution in [3.05, 3.63) is 48.5 Å². The van der Waals surface area contributed by atoms with Gasteiger partial charge >= 0.3 is 7.12 Å². The summed E-state index contributed by atoms with van der Waals surface area (Å²) in [6.07, 6.45) is 0. The molecular formula is C12H12BNO2. The van der Waals surface area contributed by atoms with Crippen molar-refractivity contribution in [2.45, 2.75) is 0 Å². The number of benzene rings is 2. The van der Waals surface area contributed by atoms with Gasteiger partial charge in [-0.1, -0.05) is 36.4 Å². The molecule has 2 rings (SSSR count). The van der Waals surface area contributed by atoms with Crippen molar-refractivity contribution in [1.82, 2.24) is 0 Å². The van der Waals surface area contributed by atoms with Crippen LogP contribution in [0, 0.1) is 0 Å². The lowest BCUT2D eigenvalue weighted by molar-refractivity contribution is 0.426. The zero-order valence-electron chi connectivity index (χ0n) is 8.67. The van der Waals surface area contributed by atoms with E-state index in [1.807, 2.05) is 30.3 Å². The number of nitrogen functional groups attached to an aromatic ring is 1. The lowest BCUT2D eigenvalue weighted by atomic mass is 9.79. The van der Waals surface area contributed by atoms with Crippen LogP contribution < -0.4 is 11.2 Å². The van der Waals surface area contributed by atoms with Crippen molar-refractivity contribution in [2.75, 3.05) is 5.73 Å². The minimum atomic E-state index is -1.44. The zero-order valence-corrected chi connectivity index (χ0v) is 8.67. The Hall–Kier alpha value is -1.78. The smallest absolute Gasteiger partial charge is 0.423 e. The minimum Gasteiger partial charge on any atom is -0.423 e. The molecule has 2 aromatic carbocycles. The number of anilines is 1. The van der Waals surface area contributed by atoms with Gasteiger partial charge in [0.15, 0.2) is 0 Å². The van der Waals surface area contributed by atoms with E-state index in [-0.39, 0.29) is 0 Å². The molecule has 0 aliphatic carbocycles. The first-order chi connectivity index (χ1) is 7.66. The highest BCUT2D eigenvalue weighted by Gasteiger charge is 2.10. The fourth-order valence-electron chi connectivity index (χ4n) is 1.55. The van der Waals surface area contributed by atoms with E-state index in [1.165, 1.54) is 0 Å². The predicted molar refractivity (Wildman–Crippen MR) is 66.1 cm³/mol. The normalized spacial score (nSPS) is 10.1. The monoisotopic (exact) mass is 213 g/mol. The molecule has 0 saturated carbocycles. The van der Waals surface area contributed by atoms with Crippen molar-refractivity contribution in [1.29, 1.82) is 0 Å². The fraction of sp³-hybridized carbons (Fsp3) is 0. The second-order valence-electron chi connectivity index (χ2n) is 3.62. The van der Waals surface area contributed by atoms with E-state index in [4.69, 9.17) is 15.8 Å². The third-order valence-electron chi connectivity index (χ3n) is 2.43. The highest BCUT2D eigenvalue weighted by atomic mass is 16.4. The summed E-state index contributed by atoms with van der Waals surface area (Å²) >= 11 is 0. The molecule has 0 aliphatic rings. The topological polar surface area (TPSA) is 66.5 Å². The van der Waals surface area contributed by atoms with E-state index in [0.29, 0.717) is 11.2 Å². The largest absolute Gasteiger partial charge is 0.488 e. The molecule has 0 amide bonds. The van der Waals surface area contributed by atoms with Crippen LogP contribution in [0.25, 0.3) is 11.1 Å². The highest BCUT2D eigenvalue weighted by molar-refractivity contribution is 6.58. The molecule has 4 N–H and O–H groups in total. The molecule has 0 radical (unpaired) electrons. The third-order valence-corrected chi connectivity index (χ3v) is 2.43. The Balaban J connectivity index is 2.40. The summed E-state index contributed by atoms with van der Waals surface area (Å²) in [5.41, 5.74) is 8.73. The van der Waals surface area contributed by atoms with Gasteiger partial charge < -0.3 is 15.8 Å². The molecule has 4 heteroatoms. The van der Waals surface area contributed by atoms with Gasteiger partial charge in [0.1, 0.15) is 0 Å². The SMILES string of the molecule is Nc1ccc(-c2cccc(B(O)O)c2)cc1. The summed E-state index contributed by atoms with van der Waals surface area (Å²) in [4.78, 5) is 0. The van der Waals surface area contributed by atoms with Crippen LogP contribution in [-0.4, -0.2) is 17.2 Å².